The molecule has 6 rings (SSSR count). The van der Waals surface area contributed by atoms with E-state index in [2.05, 4.69) is 35.2 Å². The minimum atomic E-state index is -0.743. The molecule has 1 fully saturated rings. The maximum atomic E-state index is 12.2. The van der Waals surface area contributed by atoms with Gasteiger partial charge in [0.15, 0.2) is 11.8 Å². The maximum Gasteiger partial charge on any atom is 0.271 e. The van der Waals surface area contributed by atoms with Crippen LogP contribution in [0.2, 0.25) is 0 Å². The van der Waals surface area contributed by atoms with Crippen LogP contribution in [0, 0.1) is 0 Å². The molecule has 0 saturated carbocycles. The number of rotatable bonds is 13. The quantitative estimate of drug-likeness (QED) is 0.167. The molecule has 1 amide bonds. The van der Waals surface area contributed by atoms with Crippen LogP contribution in [0.5, 0.6) is 11.5 Å². The number of ether oxygens (including phenoxy) is 3. The van der Waals surface area contributed by atoms with Crippen LogP contribution in [-0.4, -0.2) is 27.8 Å². The number of carbonyl (C=O) groups is 1. The minimum Gasteiger partial charge on any atom is -0.488 e. The van der Waals surface area contributed by atoms with Crippen molar-refractivity contribution < 1.29 is 28.1 Å². The van der Waals surface area contributed by atoms with Crippen LogP contribution in [0.3, 0.4) is 0 Å². The van der Waals surface area contributed by atoms with Gasteiger partial charge in [-0.2, -0.15) is 4.98 Å². The Balaban J connectivity index is 1.31. The van der Waals surface area contributed by atoms with E-state index in [1.165, 1.54) is 0 Å². The Morgan fingerprint density at radius 1 is 0.907 bits per heavy atom. The topological polar surface area (TPSA) is 139 Å². The third-order valence-corrected chi connectivity index (χ3v) is 7.18. The molecule has 0 spiro atoms. The summed E-state index contributed by atoms with van der Waals surface area (Å²) in [5.74, 6) is 1.85. The molecule has 43 heavy (non-hydrogen) atoms. The van der Waals surface area contributed by atoms with Crippen LogP contribution >= 0.6 is 0 Å². The van der Waals surface area contributed by atoms with E-state index in [0.29, 0.717) is 55.6 Å². The number of hydrogen-bond acceptors (Lipinski definition) is 9. The van der Waals surface area contributed by atoms with Crippen molar-refractivity contribution in [2.45, 2.75) is 51.9 Å². The second-order valence-corrected chi connectivity index (χ2v) is 10.7. The fraction of sp³-hybridized carbons (Fsp3) is 0.273. The van der Waals surface area contributed by atoms with Crippen LogP contribution in [0.15, 0.2) is 81.8 Å². The SMILES string of the molecule is CC(C)c1cc(CCc2onc(C(N)=O)c2-c2noc(C3CO3)n2)c(OCc2ccccc2)cc1OCc1ccccc1. The lowest BCUT2D eigenvalue weighted by Gasteiger charge is -2.20. The molecule has 2 N–H and O–H groups in total. The molecule has 0 aliphatic carbocycles. The molecule has 0 bridgehead atoms. The zero-order valence-electron chi connectivity index (χ0n) is 24.0. The molecule has 10 nitrogen and oxygen atoms in total. The van der Waals surface area contributed by atoms with Gasteiger partial charge in [-0.3, -0.25) is 4.79 Å². The van der Waals surface area contributed by atoms with Crippen LogP contribution in [0.4, 0.5) is 0 Å². The lowest BCUT2D eigenvalue weighted by atomic mass is 9.96. The van der Waals surface area contributed by atoms with Gasteiger partial charge in [0.25, 0.3) is 11.8 Å². The van der Waals surface area contributed by atoms with Crippen molar-refractivity contribution in [1.82, 2.24) is 15.3 Å². The van der Waals surface area contributed by atoms with Gasteiger partial charge in [-0.15, -0.1) is 0 Å². The number of primary amides is 1. The Kier molecular flexibility index (Phi) is 8.19. The molecule has 3 aromatic carbocycles. The zero-order chi connectivity index (χ0) is 29.8. The Hall–Kier alpha value is -4.96. The second kappa shape index (κ2) is 12.5. The van der Waals surface area contributed by atoms with E-state index in [-0.39, 0.29) is 23.5 Å². The summed E-state index contributed by atoms with van der Waals surface area (Å²) in [6.45, 7) is 5.60. The molecule has 10 heteroatoms. The van der Waals surface area contributed by atoms with Gasteiger partial charge in [-0.1, -0.05) is 84.8 Å². The Bertz CT molecular complexity index is 1690. The summed E-state index contributed by atoms with van der Waals surface area (Å²) >= 11 is 0. The standard InChI is InChI=1S/C33H32N4O6/c1-20(2)24-15-23(13-14-25-29(30(31(34)38)36-42-25)32-35-33(43-37-32)28-19-41-28)26(39-17-21-9-5-3-6-10-21)16-27(24)40-18-22-11-7-4-8-12-22/h3-12,15-16,20,28H,13-14,17-19H2,1-2H3,(H2,34,38). The van der Waals surface area contributed by atoms with Crippen molar-refractivity contribution >= 4 is 5.91 Å². The Labute approximate surface area is 248 Å². The molecular weight excluding hydrogens is 548 g/mol. The molecule has 1 unspecified atom stereocenters. The third-order valence-electron chi connectivity index (χ3n) is 7.18. The summed E-state index contributed by atoms with van der Waals surface area (Å²) in [5.41, 5.74) is 10.0. The van der Waals surface area contributed by atoms with Gasteiger partial charge in [0.05, 0.1) is 12.2 Å². The van der Waals surface area contributed by atoms with E-state index in [0.717, 1.165) is 28.0 Å². The highest BCUT2D eigenvalue weighted by atomic mass is 16.6. The Morgan fingerprint density at radius 3 is 2.16 bits per heavy atom. The number of carbonyl (C=O) groups excluding carboxylic acids is 1. The fourth-order valence-electron chi connectivity index (χ4n) is 4.80. The minimum absolute atomic E-state index is 0.0489. The molecule has 1 saturated heterocycles. The van der Waals surface area contributed by atoms with Crippen LogP contribution < -0.4 is 15.2 Å². The number of amides is 1. The summed E-state index contributed by atoms with van der Waals surface area (Å²) < 4.78 is 28.9. The molecule has 1 atom stereocenters. The largest absolute Gasteiger partial charge is 0.488 e. The van der Waals surface area contributed by atoms with Gasteiger partial charge in [-0.05, 0) is 40.7 Å². The molecule has 220 valence electrons. The first kappa shape index (κ1) is 28.2. The van der Waals surface area contributed by atoms with Crippen molar-refractivity contribution in [2.75, 3.05) is 6.61 Å². The second-order valence-electron chi connectivity index (χ2n) is 10.7. The van der Waals surface area contributed by atoms with Crippen molar-refractivity contribution in [2.24, 2.45) is 5.73 Å². The normalized spacial score (nSPS) is 14.2. The van der Waals surface area contributed by atoms with Crippen molar-refractivity contribution in [1.29, 1.82) is 0 Å². The van der Waals surface area contributed by atoms with Crippen LogP contribution in [-0.2, 0) is 30.8 Å². The first-order chi connectivity index (χ1) is 21.0. The lowest BCUT2D eigenvalue weighted by molar-refractivity contribution is 0.0992. The highest BCUT2D eigenvalue weighted by Crippen LogP contribution is 2.37. The monoisotopic (exact) mass is 580 g/mol. The third kappa shape index (κ3) is 6.60. The van der Waals surface area contributed by atoms with Crippen LogP contribution in [0.25, 0.3) is 11.4 Å². The van der Waals surface area contributed by atoms with Gasteiger partial charge >= 0.3 is 0 Å². The highest BCUT2D eigenvalue weighted by molar-refractivity contribution is 5.97. The van der Waals surface area contributed by atoms with E-state index in [4.69, 9.17) is 29.0 Å². The maximum absolute atomic E-state index is 12.2. The van der Waals surface area contributed by atoms with E-state index in [1.54, 1.807) is 0 Å². The van der Waals surface area contributed by atoms with Crippen molar-refractivity contribution in [3.8, 4) is 22.9 Å². The number of nitrogens with two attached hydrogens (primary N) is 1. The number of aromatic nitrogens is 3. The highest BCUT2D eigenvalue weighted by Gasteiger charge is 2.33. The summed E-state index contributed by atoms with van der Waals surface area (Å²) in [7, 11) is 0. The number of epoxide rings is 1. The first-order valence-corrected chi connectivity index (χ1v) is 14.2. The zero-order valence-corrected chi connectivity index (χ0v) is 24.0. The summed E-state index contributed by atoms with van der Waals surface area (Å²) in [4.78, 5) is 16.6. The van der Waals surface area contributed by atoms with E-state index in [1.807, 2.05) is 66.7 Å². The molecule has 5 aromatic rings. The number of hydrogen-bond donors (Lipinski definition) is 1. The van der Waals surface area contributed by atoms with Crippen molar-refractivity contribution in [3.63, 3.8) is 0 Å². The number of aryl methyl sites for hydroxylation is 2. The summed E-state index contributed by atoms with van der Waals surface area (Å²) in [5, 5.41) is 7.97. The van der Waals surface area contributed by atoms with Crippen molar-refractivity contribution in [3.05, 3.63) is 112 Å². The summed E-state index contributed by atoms with van der Waals surface area (Å²) in [6.07, 6.45) is 0.658. The van der Waals surface area contributed by atoms with Gasteiger partial charge < -0.3 is 29.0 Å². The fourth-order valence-corrected chi connectivity index (χ4v) is 4.80. The average Bonchev–Trinajstić information content (AvgIpc) is 3.59. The van der Waals surface area contributed by atoms with E-state index >= 15 is 0 Å². The number of benzene rings is 3. The molecule has 3 heterocycles. The predicted molar refractivity (Wildman–Crippen MR) is 156 cm³/mol. The molecule has 2 aromatic heterocycles. The van der Waals surface area contributed by atoms with Gasteiger partial charge in [0, 0.05) is 12.5 Å². The van der Waals surface area contributed by atoms with Gasteiger partial charge in [0.2, 0.25) is 5.82 Å². The van der Waals surface area contributed by atoms with Gasteiger partial charge in [0.1, 0.15) is 30.5 Å². The molecular formula is C33H32N4O6. The van der Waals surface area contributed by atoms with Crippen LogP contribution in [0.1, 0.15) is 70.3 Å². The average molecular weight is 581 g/mol. The molecule has 1 aliphatic rings. The van der Waals surface area contributed by atoms with Gasteiger partial charge in [-0.25, -0.2) is 0 Å². The van der Waals surface area contributed by atoms with E-state index < -0.39 is 5.91 Å². The molecule has 1 aliphatic heterocycles. The van der Waals surface area contributed by atoms with E-state index in [9.17, 15) is 4.79 Å². The Morgan fingerprint density at radius 2 is 1.56 bits per heavy atom. The number of nitrogens with zero attached hydrogens (tertiary/aromatic N) is 3. The molecule has 0 radical (unpaired) electrons. The lowest BCUT2D eigenvalue weighted by Crippen LogP contribution is -2.13. The predicted octanol–water partition coefficient (Wildman–Crippen LogP) is 5.96. The smallest absolute Gasteiger partial charge is 0.271 e. The summed E-state index contributed by atoms with van der Waals surface area (Å²) in [6, 6.07) is 24.1. The first-order valence-electron chi connectivity index (χ1n) is 14.2.